The Morgan fingerprint density at radius 2 is 2.00 bits per heavy atom. The molecule has 0 radical (unpaired) electrons. The summed E-state index contributed by atoms with van der Waals surface area (Å²) in [4.78, 5) is 0. The van der Waals surface area contributed by atoms with E-state index >= 15 is 0 Å². The van der Waals surface area contributed by atoms with Crippen LogP contribution in [0.4, 0.5) is 0 Å². The molecule has 0 spiro atoms. The zero-order valence-electron chi connectivity index (χ0n) is 6.83. The van der Waals surface area contributed by atoms with Gasteiger partial charge in [-0.2, -0.15) is 0 Å². The maximum Gasteiger partial charge on any atom is 0.0771 e. The minimum absolute atomic E-state index is 0.321. The van der Waals surface area contributed by atoms with E-state index in [9.17, 15) is 0 Å². The Morgan fingerprint density at radius 1 is 1.50 bits per heavy atom. The van der Waals surface area contributed by atoms with Crippen LogP contribution in [-0.2, 0) is 0 Å². The third kappa shape index (κ3) is 7.66. The average Bonchev–Trinajstić information content (AvgIpc) is 1.59. The molecule has 0 rings (SSSR count). The molecular weight excluding hydrogens is 128 g/mol. The number of hydrogen-bond donors (Lipinski definition) is 2. The van der Waals surface area contributed by atoms with E-state index in [2.05, 4.69) is 0 Å². The van der Waals surface area contributed by atoms with E-state index in [0.717, 1.165) is 0 Å². The van der Waals surface area contributed by atoms with Gasteiger partial charge in [-0.15, -0.1) is 0 Å². The van der Waals surface area contributed by atoms with Crippen LogP contribution in [0.2, 0.25) is 0 Å². The first-order chi connectivity index (χ1) is 4.42. The summed E-state index contributed by atoms with van der Waals surface area (Å²) in [5.74, 6) is 0. The molecule has 60 valence electrons. The number of rotatable bonds is 3. The Bertz CT molecular complexity index is 109. The van der Waals surface area contributed by atoms with Gasteiger partial charge in [0.25, 0.3) is 0 Å². The highest BCUT2D eigenvalue weighted by Crippen LogP contribution is 2.03. The van der Waals surface area contributed by atoms with Gasteiger partial charge in [-0.1, -0.05) is 12.2 Å². The van der Waals surface area contributed by atoms with Crippen molar-refractivity contribution in [2.75, 3.05) is 0 Å². The van der Waals surface area contributed by atoms with Crippen molar-refractivity contribution in [2.45, 2.75) is 38.9 Å². The van der Waals surface area contributed by atoms with Crippen molar-refractivity contribution in [2.24, 2.45) is 0 Å². The van der Waals surface area contributed by atoms with Gasteiger partial charge in [0.15, 0.2) is 0 Å². The van der Waals surface area contributed by atoms with Crippen LogP contribution >= 0.6 is 0 Å². The Kier molecular flexibility index (Phi) is 3.61. The fourth-order valence-corrected chi connectivity index (χ4v) is 0.553. The number of aliphatic hydroxyl groups is 2. The maximum absolute atomic E-state index is 9.16. The molecule has 0 aromatic carbocycles. The fraction of sp³-hybridized carbons (Fsp3) is 0.750. The molecule has 0 amide bonds. The minimum Gasteiger partial charge on any atom is -0.393 e. The predicted molar refractivity (Wildman–Crippen MR) is 41.7 cm³/mol. The highest BCUT2D eigenvalue weighted by Gasteiger charge is 2.05. The normalized spacial score (nSPS) is 16.1. The molecule has 0 saturated heterocycles. The lowest BCUT2D eigenvalue weighted by atomic mass is 10.1. The van der Waals surface area contributed by atoms with E-state index in [4.69, 9.17) is 10.2 Å². The first kappa shape index (κ1) is 9.66. The molecule has 0 aliphatic rings. The largest absolute Gasteiger partial charge is 0.393 e. The Labute approximate surface area is 62.2 Å². The standard InChI is InChI=1S/C8H16O2/c1-7(9)5-4-6-8(2,3)10/h4,6-7,9-10H,5H2,1-3H3. The van der Waals surface area contributed by atoms with E-state index in [0.29, 0.717) is 6.42 Å². The molecule has 0 aromatic heterocycles. The van der Waals surface area contributed by atoms with E-state index < -0.39 is 5.60 Å². The molecule has 2 nitrogen and oxygen atoms in total. The Hall–Kier alpha value is -0.340. The molecule has 1 unspecified atom stereocenters. The molecule has 0 heterocycles. The van der Waals surface area contributed by atoms with Gasteiger partial charge in [-0.25, -0.2) is 0 Å². The van der Waals surface area contributed by atoms with Crippen LogP contribution in [0.3, 0.4) is 0 Å². The fourth-order valence-electron chi connectivity index (χ4n) is 0.553. The second kappa shape index (κ2) is 3.74. The number of hydrogen-bond acceptors (Lipinski definition) is 2. The van der Waals surface area contributed by atoms with Crippen molar-refractivity contribution in [3.05, 3.63) is 12.2 Å². The van der Waals surface area contributed by atoms with Gasteiger partial charge in [0.05, 0.1) is 11.7 Å². The molecule has 0 saturated carbocycles. The second-order valence-corrected chi connectivity index (χ2v) is 3.14. The molecule has 2 N–H and O–H groups in total. The van der Waals surface area contributed by atoms with Crippen molar-refractivity contribution in [1.29, 1.82) is 0 Å². The molecule has 0 bridgehead atoms. The van der Waals surface area contributed by atoms with Crippen LogP contribution in [0, 0.1) is 0 Å². The second-order valence-electron chi connectivity index (χ2n) is 3.14. The highest BCUT2D eigenvalue weighted by molar-refractivity contribution is 4.95. The average molecular weight is 144 g/mol. The van der Waals surface area contributed by atoms with Crippen LogP contribution in [0.25, 0.3) is 0 Å². The lowest BCUT2D eigenvalue weighted by Crippen LogP contribution is -2.13. The van der Waals surface area contributed by atoms with Gasteiger partial charge < -0.3 is 10.2 Å². The van der Waals surface area contributed by atoms with E-state index in [-0.39, 0.29) is 6.10 Å². The first-order valence-electron chi connectivity index (χ1n) is 3.50. The predicted octanol–water partition coefficient (Wildman–Crippen LogP) is 1.08. The van der Waals surface area contributed by atoms with Crippen LogP contribution in [0.15, 0.2) is 12.2 Å². The number of aliphatic hydroxyl groups excluding tert-OH is 1. The molecule has 10 heavy (non-hydrogen) atoms. The third-order valence-corrected chi connectivity index (χ3v) is 1.00. The van der Waals surface area contributed by atoms with Crippen LogP contribution in [-0.4, -0.2) is 21.9 Å². The summed E-state index contributed by atoms with van der Waals surface area (Å²) in [6.07, 6.45) is 3.74. The van der Waals surface area contributed by atoms with Crippen molar-refractivity contribution < 1.29 is 10.2 Å². The van der Waals surface area contributed by atoms with Crippen molar-refractivity contribution in [3.8, 4) is 0 Å². The zero-order valence-corrected chi connectivity index (χ0v) is 6.83. The molecular formula is C8H16O2. The molecule has 0 aliphatic carbocycles. The van der Waals surface area contributed by atoms with Gasteiger partial charge >= 0.3 is 0 Å². The van der Waals surface area contributed by atoms with Crippen molar-refractivity contribution in [1.82, 2.24) is 0 Å². The summed E-state index contributed by atoms with van der Waals surface area (Å²) in [6, 6.07) is 0. The summed E-state index contributed by atoms with van der Waals surface area (Å²) in [5.41, 5.74) is -0.755. The Morgan fingerprint density at radius 3 is 2.30 bits per heavy atom. The highest BCUT2D eigenvalue weighted by atomic mass is 16.3. The zero-order chi connectivity index (χ0) is 8.20. The van der Waals surface area contributed by atoms with E-state index in [1.54, 1.807) is 32.9 Å². The lowest BCUT2D eigenvalue weighted by molar-refractivity contribution is 0.132. The summed E-state index contributed by atoms with van der Waals surface area (Å²) < 4.78 is 0. The molecule has 0 aromatic rings. The third-order valence-electron chi connectivity index (χ3n) is 1.00. The van der Waals surface area contributed by atoms with Crippen LogP contribution in [0.5, 0.6) is 0 Å². The SMILES string of the molecule is CC(O)CC=CC(C)(C)O. The maximum atomic E-state index is 9.16. The van der Waals surface area contributed by atoms with Crippen LogP contribution in [0.1, 0.15) is 27.2 Å². The van der Waals surface area contributed by atoms with Gasteiger partial charge in [0.2, 0.25) is 0 Å². The van der Waals surface area contributed by atoms with Crippen molar-refractivity contribution >= 4 is 0 Å². The summed E-state index contributed by atoms with van der Waals surface area (Å²) in [7, 11) is 0. The summed E-state index contributed by atoms with van der Waals surface area (Å²) >= 11 is 0. The van der Waals surface area contributed by atoms with Crippen LogP contribution < -0.4 is 0 Å². The van der Waals surface area contributed by atoms with Gasteiger partial charge in [-0.3, -0.25) is 0 Å². The van der Waals surface area contributed by atoms with E-state index in [1.807, 2.05) is 0 Å². The van der Waals surface area contributed by atoms with E-state index in [1.165, 1.54) is 0 Å². The van der Waals surface area contributed by atoms with Gasteiger partial charge in [-0.05, 0) is 27.2 Å². The molecule has 1 atom stereocenters. The summed E-state index contributed by atoms with van der Waals surface area (Å²) in [6.45, 7) is 5.12. The summed E-state index contributed by atoms with van der Waals surface area (Å²) in [5, 5.41) is 18.0. The van der Waals surface area contributed by atoms with Crippen molar-refractivity contribution in [3.63, 3.8) is 0 Å². The molecule has 0 fully saturated rings. The minimum atomic E-state index is -0.755. The molecule has 0 aliphatic heterocycles. The molecule has 2 heteroatoms. The quantitative estimate of drug-likeness (QED) is 0.582. The first-order valence-corrected chi connectivity index (χ1v) is 3.50. The van der Waals surface area contributed by atoms with Gasteiger partial charge in [0, 0.05) is 0 Å². The Balaban J connectivity index is 3.57. The monoisotopic (exact) mass is 144 g/mol. The smallest absolute Gasteiger partial charge is 0.0771 e. The van der Waals surface area contributed by atoms with Gasteiger partial charge in [0.1, 0.15) is 0 Å². The lowest BCUT2D eigenvalue weighted by Gasteiger charge is -2.10. The topological polar surface area (TPSA) is 40.5 Å².